The molecule has 6 heteroatoms. The number of nitrogens with two attached hydrogens (primary N) is 2. The van der Waals surface area contributed by atoms with Gasteiger partial charge in [0.25, 0.3) is 0 Å². The molecule has 0 bridgehead atoms. The Bertz CT molecular complexity index is 656. The van der Waals surface area contributed by atoms with E-state index in [2.05, 4.69) is 58.8 Å². The summed E-state index contributed by atoms with van der Waals surface area (Å²) < 4.78 is 0. The fraction of sp³-hybridized carbons (Fsp3) is 0.400. The summed E-state index contributed by atoms with van der Waals surface area (Å²) in [6.45, 7) is 7.54. The maximum absolute atomic E-state index is 5.70. The molecule has 1 aromatic carbocycles. The Morgan fingerprint density at radius 3 is 2.29 bits per heavy atom. The van der Waals surface area contributed by atoms with Gasteiger partial charge < -0.3 is 16.4 Å². The van der Waals surface area contributed by atoms with Gasteiger partial charge in [-0.25, -0.2) is 0 Å². The zero-order chi connectivity index (χ0) is 15.2. The minimum Gasteiger partial charge on any atom is -0.368 e. The summed E-state index contributed by atoms with van der Waals surface area (Å²) in [5.41, 5.74) is 14.0. The molecule has 1 aromatic heterocycles. The highest BCUT2D eigenvalue weighted by molar-refractivity contribution is 5.68. The van der Waals surface area contributed by atoms with Gasteiger partial charge in [-0.3, -0.25) is 0 Å². The van der Waals surface area contributed by atoms with Crippen molar-refractivity contribution in [3.05, 3.63) is 29.8 Å². The number of nitrogen functional groups attached to an aromatic ring is 2. The molecule has 1 unspecified atom stereocenters. The molecule has 2 heterocycles. The van der Waals surface area contributed by atoms with E-state index in [1.165, 1.54) is 5.56 Å². The van der Waals surface area contributed by atoms with Gasteiger partial charge in [0.15, 0.2) is 0 Å². The lowest BCUT2D eigenvalue weighted by atomic mass is 9.78. The summed E-state index contributed by atoms with van der Waals surface area (Å²) in [5, 5.41) is 0. The van der Waals surface area contributed by atoms with E-state index in [9.17, 15) is 0 Å². The highest BCUT2D eigenvalue weighted by Gasteiger charge is 2.37. The summed E-state index contributed by atoms with van der Waals surface area (Å²) in [4.78, 5) is 14.4. The van der Waals surface area contributed by atoms with Crippen LogP contribution in [0.3, 0.4) is 0 Å². The van der Waals surface area contributed by atoms with Crippen LogP contribution in [0.2, 0.25) is 0 Å². The molecule has 6 nitrogen and oxygen atoms in total. The number of hydrogen-bond acceptors (Lipinski definition) is 6. The smallest absolute Gasteiger partial charge is 0.236 e. The molecule has 0 spiro atoms. The van der Waals surface area contributed by atoms with Crippen LogP contribution in [0.5, 0.6) is 0 Å². The Balaban J connectivity index is 2.09. The van der Waals surface area contributed by atoms with Gasteiger partial charge in [-0.2, -0.15) is 15.0 Å². The minimum atomic E-state index is 0.147. The first kappa shape index (κ1) is 13.6. The number of nitrogens with zero attached hydrogens (tertiary/aromatic N) is 4. The van der Waals surface area contributed by atoms with Gasteiger partial charge in [0, 0.05) is 18.2 Å². The Morgan fingerprint density at radius 1 is 1.05 bits per heavy atom. The number of aromatic nitrogens is 3. The molecule has 1 aliphatic heterocycles. The summed E-state index contributed by atoms with van der Waals surface area (Å²) in [6, 6.07) is 8.33. The standard InChI is InChI=1S/C15H20N6/c1-15(2,3)10-8-21(11-7-5-4-6-9(10)11)14-19-12(16)18-13(17)20-14/h4-7,10H,8H2,1-3H3,(H4,16,17,18,19,20). The Morgan fingerprint density at radius 2 is 1.67 bits per heavy atom. The second-order valence-electron chi connectivity index (χ2n) is 6.44. The minimum absolute atomic E-state index is 0.147. The highest BCUT2D eigenvalue weighted by atomic mass is 15.3. The Labute approximate surface area is 124 Å². The third-order valence-corrected chi connectivity index (χ3v) is 3.91. The average molecular weight is 284 g/mol. The molecule has 0 amide bonds. The zero-order valence-electron chi connectivity index (χ0n) is 12.5. The van der Waals surface area contributed by atoms with Crippen LogP contribution in [0.15, 0.2) is 24.3 Å². The van der Waals surface area contributed by atoms with Crippen molar-refractivity contribution in [2.45, 2.75) is 26.7 Å². The molecule has 4 N–H and O–H groups in total. The lowest BCUT2D eigenvalue weighted by Gasteiger charge is -2.27. The molecule has 21 heavy (non-hydrogen) atoms. The van der Waals surface area contributed by atoms with Crippen molar-refractivity contribution >= 4 is 23.5 Å². The van der Waals surface area contributed by atoms with Gasteiger partial charge in [0.2, 0.25) is 17.8 Å². The predicted octanol–water partition coefficient (Wildman–Crippen LogP) is 2.32. The van der Waals surface area contributed by atoms with Gasteiger partial charge in [0.05, 0.1) is 0 Å². The number of benzene rings is 1. The van der Waals surface area contributed by atoms with E-state index < -0.39 is 0 Å². The van der Waals surface area contributed by atoms with Crippen molar-refractivity contribution in [1.82, 2.24) is 15.0 Å². The number of anilines is 4. The first-order chi connectivity index (χ1) is 9.86. The Kier molecular flexibility index (Phi) is 2.97. The second kappa shape index (κ2) is 4.58. The Hall–Kier alpha value is -2.37. The van der Waals surface area contributed by atoms with Crippen LogP contribution in [0.1, 0.15) is 32.3 Å². The molecular weight excluding hydrogens is 264 g/mol. The van der Waals surface area contributed by atoms with Crippen LogP contribution < -0.4 is 16.4 Å². The number of para-hydroxylation sites is 1. The van der Waals surface area contributed by atoms with Crippen molar-refractivity contribution in [2.24, 2.45) is 5.41 Å². The topological polar surface area (TPSA) is 94.0 Å². The largest absolute Gasteiger partial charge is 0.368 e. The fourth-order valence-corrected chi connectivity index (χ4v) is 2.86. The quantitative estimate of drug-likeness (QED) is 0.834. The van der Waals surface area contributed by atoms with Gasteiger partial charge in [-0.05, 0) is 17.0 Å². The molecule has 3 rings (SSSR count). The molecule has 0 aliphatic carbocycles. The molecule has 110 valence electrons. The maximum atomic E-state index is 5.70. The van der Waals surface area contributed by atoms with Crippen molar-refractivity contribution in [1.29, 1.82) is 0 Å². The van der Waals surface area contributed by atoms with Crippen molar-refractivity contribution in [3.8, 4) is 0 Å². The van der Waals surface area contributed by atoms with E-state index in [4.69, 9.17) is 11.5 Å². The van der Waals surface area contributed by atoms with Crippen LogP contribution in [0.4, 0.5) is 23.5 Å². The van der Waals surface area contributed by atoms with E-state index in [-0.39, 0.29) is 17.3 Å². The van der Waals surface area contributed by atoms with Crippen molar-refractivity contribution < 1.29 is 0 Å². The molecule has 0 fully saturated rings. The molecule has 1 atom stereocenters. The van der Waals surface area contributed by atoms with E-state index >= 15 is 0 Å². The van der Waals surface area contributed by atoms with Crippen molar-refractivity contribution in [2.75, 3.05) is 22.9 Å². The van der Waals surface area contributed by atoms with Gasteiger partial charge >= 0.3 is 0 Å². The number of hydrogen-bond donors (Lipinski definition) is 2. The fourth-order valence-electron chi connectivity index (χ4n) is 2.86. The van der Waals surface area contributed by atoms with Gasteiger partial charge in [-0.15, -0.1) is 0 Å². The highest BCUT2D eigenvalue weighted by Crippen LogP contribution is 2.47. The van der Waals surface area contributed by atoms with Crippen molar-refractivity contribution in [3.63, 3.8) is 0 Å². The van der Waals surface area contributed by atoms with E-state index in [1.54, 1.807) is 0 Å². The SMILES string of the molecule is CC(C)(C)C1CN(c2nc(N)nc(N)n2)c2ccccc21. The first-order valence-corrected chi connectivity index (χ1v) is 7.00. The molecular formula is C15H20N6. The normalized spacial score (nSPS) is 17.9. The first-order valence-electron chi connectivity index (χ1n) is 7.00. The molecule has 0 radical (unpaired) electrons. The lowest BCUT2D eigenvalue weighted by Crippen LogP contribution is -2.25. The van der Waals surface area contributed by atoms with E-state index in [0.717, 1.165) is 12.2 Å². The molecule has 1 aliphatic rings. The second-order valence-corrected chi connectivity index (χ2v) is 6.44. The van der Waals surface area contributed by atoms with Crippen LogP contribution in [-0.4, -0.2) is 21.5 Å². The van der Waals surface area contributed by atoms with Crippen LogP contribution in [0, 0.1) is 5.41 Å². The van der Waals surface area contributed by atoms with Gasteiger partial charge in [-0.1, -0.05) is 39.0 Å². The zero-order valence-corrected chi connectivity index (χ0v) is 12.5. The van der Waals surface area contributed by atoms with Crippen LogP contribution >= 0.6 is 0 Å². The monoisotopic (exact) mass is 284 g/mol. The summed E-state index contributed by atoms with van der Waals surface area (Å²) in [5.74, 6) is 1.20. The average Bonchev–Trinajstić information content (AvgIpc) is 2.76. The molecule has 2 aromatic rings. The summed E-state index contributed by atoms with van der Waals surface area (Å²) >= 11 is 0. The third-order valence-electron chi connectivity index (χ3n) is 3.91. The van der Waals surface area contributed by atoms with E-state index in [1.807, 2.05) is 6.07 Å². The van der Waals surface area contributed by atoms with E-state index in [0.29, 0.717) is 11.9 Å². The predicted molar refractivity (Wildman–Crippen MR) is 84.3 cm³/mol. The maximum Gasteiger partial charge on any atom is 0.236 e. The number of fused-ring (bicyclic) bond motifs is 1. The molecule has 0 saturated carbocycles. The number of rotatable bonds is 1. The van der Waals surface area contributed by atoms with Crippen LogP contribution in [-0.2, 0) is 0 Å². The molecule has 0 saturated heterocycles. The van der Waals surface area contributed by atoms with Crippen LogP contribution in [0.25, 0.3) is 0 Å². The summed E-state index contributed by atoms with van der Waals surface area (Å²) in [7, 11) is 0. The van der Waals surface area contributed by atoms with Gasteiger partial charge in [0.1, 0.15) is 0 Å². The lowest BCUT2D eigenvalue weighted by molar-refractivity contribution is 0.335. The third kappa shape index (κ3) is 2.37. The summed E-state index contributed by atoms with van der Waals surface area (Å²) in [6.07, 6.45) is 0.